The van der Waals surface area contributed by atoms with Gasteiger partial charge in [0.25, 0.3) is 0 Å². The molecule has 0 unspecified atom stereocenters. The van der Waals surface area contributed by atoms with Crippen LogP contribution in [-0.4, -0.2) is 68.9 Å². The van der Waals surface area contributed by atoms with E-state index in [0.717, 1.165) is 16.2 Å². The van der Waals surface area contributed by atoms with Crippen LogP contribution in [0, 0.1) is 0 Å². The first-order chi connectivity index (χ1) is 16.7. The molecular weight excluding hydrogens is 493 g/mol. The van der Waals surface area contributed by atoms with Crippen molar-refractivity contribution in [2.45, 2.75) is 26.7 Å². The molecule has 1 fully saturated rings. The number of likely N-dealkylation sites (N-methyl/N-ethyl adjacent to an activating group) is 1. The number of halogens is 2. The SMILES string of the molecule is CCOC(=O)N(C(=O)N1CCN(C)CC1)c1cc(Cl)c(Oc2ccc(OC)c(C(C)C)c2)c(Cl)c1. The van der Waals surface area contributed by atoms with Crippen LogP contribution in [0.2, 0.25) is 10.0 Å². The lowest BCUT2D eigenvalue weighted by molar-refractivity contribution is 0.144. The second-order valence-electron chi connectivity index (χ2n) is 8.51. The largest absolute Gasteiger partial charge is 0.496 e. The highest BCUT2D eigenvalue weighted by molar-refractivity contribution is 6.38. The number of amides is 3. The number of nitrogens with zero attached hydrogens (tertiary/aromatic N) is 3. The molecule has 10 heteroatoms. The van der Waals surface area contributed by atoms with Gasteiger partial charge in [-0.25, -0.2) is 9.59 Å². The number of imide groups is 1. The fraction of sp³-hybridized carbons (Fsp3) is 0.440. The second-order valence-corrected chi connectivity index (χ2v) is 9.32. The normalized spacial score (nSPS) is 14.1. The van der Waals surface area contributed by atoms with Gasteiger partial charge in [-0.05, 0) is 50.2 Å². The summed E-state index contributed by atoms with van der Waals surface area (Å²) in [5.41, 5.74) is 1.17. The Bertz CT molecular complexity index is 1050. The smallest absolute Gasteiger partial charge is 0.422 e. The Hall–Kier alpha value is -2.68. The van der Waals surface area contributed by atoms with Crippen LogP contribution < -0.4 is 14.4 Å². The van der Waals surface area contributed by atoms with Crippen molar-refractivity contribution in [1.29, 1.82) is 0 Å². The summed E-state index contributed by atoms with van der Waals surface area (Å²) >= 11 is 13.1. The zero-order chi connectivity index (χ0) is 25.7. The average Bonchev–Trinajstić information content (AvgIpc) is 2.82. The minimum atomic E-state index is -0.797. The number of ether oxygens (including phenoxy) is 3. The van der Waals surface area contributed by atoms with Crippen molar-refractivity contribution in [3.05, 3.63) is 45.9 Å². The number of hydrogen-bond donors (Lipinski definition) is 0. The average molecular weight is 524 g/mol. The summed E-state index contributed by atoms with van der Waals surface area (Å²) in [5.74, 6) is 1.71. The fourth-order valence-electron chi connectivity index (χ4n) is 3.74. The van der Waals surface area contributed by atoms with Crippen LogP contribution in [0.1, 0.15) is 32.3 Å². The zero-order valence-corrected chi connectivity index (χ0v) is 22.2. The van der Waals surface area contributed by atoms with Gasteiger partial charge in [0.2, 0.25) is 0 Å². The summed E-state index contributed by atoms with van der Waals surface area (Å²) in [6, 6.07) is 7.90. The van der Waals surface area contributed by atoms with Gasteiger partial charge >= 0.3 is 12.1 Å². The number of hydrogen-bond acceptors (Lipinski definition) is 6. The molecule has 35 heavy (non-hydrogen) atoms. The molecule has 1 aliphatic heterocycles. The molecule has 2 aromatic carbocycles. The molecular formula is C25H31Cl2N3O5. The van der Waals surface area contributed by atoms with E-state index in [1.165, 1.54) is 12.1 Å². The monoisotopic (exact) mass is 523 g/mol. The molecule has 3 amide bonds. The van der Waals surface area contributed by atoms with Crippen LogP contribution in [0.4, 0.5) is 15.3 Å². The van der Waals surface area contributed by atoms with Crippen molar-refractivity contribution in [2.24, 2.45) is 0 Å². The molecule has 2 aromatic rings. The van der Waals surface area contributed by atoms with Crippen molar-refractivity contribution in [3.8, 4) is 17.2 Å². The Morgan fingerprint density at radius 2 is 1.69 bits per heavy atom. The van der Waals surface area contributed by atoms with Crippen molar-refractivity contribution in [1.82, 2.24) is 9.80 Å². The Labute approximate surface area is 216 Å². The van der Waals surface area contributed by atoms with E-state index < -0.39 is 12.1 Å². The molecule has 0 N–H and O–H groups in total. The van der Waals surface area contributed by atoms with Crippen LogP contribution in [0.3, 0.4) is 0 Å². The number of urea groups is 1. The Balaban J connectivity index is 1.93. The van der Waals surface area contributed by atoms with E-state index in [1.807, 2.05) is 19.2 Å². The molecule has 8 nitrogen and oxygen atoms in total. The minimum Gasteiger partial charge on any atom is -0.496 e. The molecule has 1 heterocycles. The molecule has 190 valence electrons. The number of rotatable bonds is 6. The highest BCUT2D eigenvalue weighted by Gasteiger charge is 2.32. The van der Waals surface area contributed by atoms with E-state index in [4.69, 9.17) is 37.4 Å². The van der Waals surface area contributed by atoms with Crippen molar-refractivity contribution in [2.75, 3.05) is 51.8 Å². The number of piperazine rings is 1. The van der Waals surface area contributed by atoms with Crippen LogP contribution in [0.5, 0.6) is 17.2 Å². The summed E-state index contributed by atoms with van der Waals surface area (Å²) in [7, 11) is 3.60. The first-order valence-corrected chi connectivity index (χ1v) is 12.2. The predicted octanol–water partition coefficient (Wildman–Crippen LogP) is 6.25. The lowest BCUT2D eigenvalue weighted by atomic mass is 10.0. The summed E-state index contributed by atoms with van der Waals surface area (Å²) < 4.78 is 16.6. The maximum atomic E-state index is 13.3. The summed E-state index contributed by atoms with van der Waals surface area (Å²) in [5, 5.41) is 0.296. The van der Waals surface area contributed by atoms with Gasteiger partial charge in [0, 0.05) is 31.7 Å². The number of anilines is 1. The van der Waals surface area contributed by atoms with Gasteiger partial charge < -0.3 is 24.0 Å². The van der Waals surface area contributed by atoms with Crippen molar-refractivity contribution in [3.63, 3.8) is 0 Å². The molecule has 3 rings (SSSR count). The zero-order valence-electron chi connectivity index (χ0n) is 20.6. The van der Waals surface area contributed by atoms with Crippen LogP contribution >= 0.6 is 23.2 Å². The molecule has 1 saturated heterocycles. The van der Waals surface area contributed by atoms with Gasteiger partial charge in [-0.1, -0.05) is 37.0 Å². The van der Waals surface area contributed by atoms with Crippen LogP contribution in [0.15, 0.2) is 30.3 Å². The third-order valence-corrected chi connectivity index (χ3v) is 6.26. The van der Waals surface area contributed by atoms with Gasteiger partial charge in [-0.15, -0.1) is 0 Å². The highest BCUT2D eigenvalue weighted by Crippen LogP contribution is 2.41. The van der Waals surface area contributed by atoms with E-state index in [0.29, 0.717) is 31.9 Å². The molecule has 0 atom stereocenters. The van der Waals surface area contributed by atoms with Gasteiger partial charge in [0.05, 0.1) is 29.4 Å². The topological polar surface area (TPSA) is 71.6 Å². The van der Waals surface area contributed by atoms with Gasteiger partial charge in [0.15, 0.2) is 5.75 Å². The second kappa shape index (κ2) is 11.8. The van der Waals surface area contributed by atoms with Gasteiger partial charge in [-0.3, -0.25) is 0 Å². The highest BCUT2D eigenvalue weighted by atomic mass is 35.5. The Morgan fingerprint density at radius 3 is 2.23 bits per heavy atom. The number of methoxy groups -OCH3 is 1. The maximum Gasteiger partial charge on any atom is 0.422 e. The third kappa shape index (κ3) is 6.31. The molecule has 0 radical (unpaired) electrons. The number of benzene rings is 2. The lowest BCUT2D eigenvalue weighted by Crippen LogP contribution is -2.53. The Morgan fingerprint density at radius 1 is 1.06 bits per heavy atom. The standard InChI is InChI=1S/C25H31Cl2N3O5/c1-6-34-25(32)30(24(31)29-11-9-28(4)10-12-29)17-13-20(26)23(21(27)14-17)35-18-7-8-22(33-5)19(15-18)16(2)3/h7-8,13-16H,6,9-12H2,1-5H3. The van der Waals surface area contributed by atoms with Crippen molar-refractivity contribution >= 4 is 41.0 Å². The Kier molecular flexibility index (Phi) is 9.10. The third-order valence-electron chi connectivity index (χ3n) is 5.70. The molecule has 0 spiro atoms. The van der Waals surface area contributed by atoms with Gasteiger partial charge in [0.1, 0.15) is 11.5 Å². The maximum absolute atomic E-state index is 13.3. The van der Waals surface area contributed by atoms with Crippen LogP contribution in [0.25, 0.3) is 0 Å². The molecule has 0 saturated carbocycles. The molecule has 0 bridgehead atoms. The fourth-order valence-corrected chi connectivity index (χ4v) is 4.29. The molecule has 0 aromatic heterocycles. The minimum absolute atomic E-state index is 0.115. The predicted molar refractivity (Wildman–Crippen MR) is 138 cm³/mol. The number of carbonyl (C=O) groups is 2. The quantitative estimate of drug-likeness (QED) is 0.445. The molecule has 1 aliphatic rings. The molecule has 0 aliphatic carbocycles. The van der Waals surface area contributed by atoms with Crippen molar-refractivity contribution < 1.29 is 23.8 Å². The van der Waals surface area contributed by atoms with E-state index in [1.54, 1.807) is 25.0 Å². The number of carbonyl (C=O) groups excluding carboxylic acids is 2. The summed E-state index contributed by atoms with van der Waals surface area (Å²) in [4.78, 5) is 30.7. The van der Waals surface area contributed by atoms with E-state index in [-0.39, 0.29) is 34.0 Å². The van der Waals surface area contributed by atoms with E-state index >= 15 is 0 Å². The van der Waals surface area contributed by atoms with Gasteiger partial charge in [-0.2, -0.15) is 4.90 Å². The summed E-state index contributed by atoms with van der Waals surface area (Å²) in [6.45, 7) is 8.29. The van der Waals surface area contributed by atoms with E-state index in [9.17, 15) is 9.59 Å². The van der Waals surface area contributed by atoms with Crippen LogP contribution in [-0.2, 0) is 4.74 Å². The summed E-state index contributed by atoms with van der Waals surface area (Å²) in [6.07, 6.45) is -0.797. The lowest BCUT2D eigenvalue weighted by Gasteiger charge is -2.35. The first kappa shape index (κ1) is 26.9. The van der Waals surface area contributed by atoms with E-state index in [2.05, 4.69) is 18.7 Å². The first-order valence-electron chi connectivity index (χ1n) is 11.4.